The third-order valence-corrected chi connectivity index (χ3v) is 6.90. The number of ether oxygens (including phenoxy) is 1. The smallest absolute Gasteiger partial charge is 0.310 e. The molecule has 0 aromatic carbocycles. The number of nitrogens with zero attached hydrogens (tertiary/aromatic N) is 3. The van der Waals surface area contributed by atoms with Crippen LogP contribution in [-0.4, -0.2) is 46.5 Å². The van der Waals surface area contributed by atoms with Gasteiger partial charge in [-0.15, -0.1) is 6.42 Å². The van der Waals surface area contributed by atoms with Crippen molar-refractivity contribution in [2.75, 3.05) is 19.0 Å². The lowest BCUT2D eigenvalue weighted by atomic mass is 9.95. The molecule has 38 heavy (non-hydrogen) atoms. The van der Waals surface area contributed by atoms with Crippen molar-refractivity contribution in [2.24, 2.45) is 10.9 Å². The van der Waals surface area contributed by atoms with Gasteiger partial charge in [0.05, 0.1) is 12.3 Å². The maximum Gasteiger partial charge on any atom is 0.310 e. The standard InChI is InChI=1S/C30H49FN4O3/c1-6-8-9-10-11-12-13-14-15-16-17-20-26(37)34-28-27(25(4)33-29(31)35-28)32-22-24(3)19-18-21-30(7-2,23-36)38-5/h2,22,24,36H,6,8-21,23H2,1,3-5H3,(H,33,34,35,37). The van der Waals surface area contributed by atoms with E-state index >= 15 is 0 Å². The molecule has 0 aliphatic heterocycles. The normalized spacial score (nSPS) is 13.8. The summed E-state index contributed by atoms with van der Waals surface area (Å²) >= 11 is 0. The molecule has 214 valence electrons. The minimum absolute atomic E-state index is 0.0744. The molecule has 2 unspecified atom stereocenters. The van der Waals surface area contributed by atoms with E-state index in [0.29, 0.717) is 24.2 Å². The number of nitrogens with one attached hydrogen (secondary N) is 1. The molecule has 1 aromatic rings. The van der Waals surface area contributed by atoms with Crippen LogP contribution in [0.1, 0.15) is 116 Å². The monoisotopic (exact) mass is 532 g/mol. The van der Waals surface area contributed by atoms with Crippen LogP contribution in [0.2, 0.25) is 0 Å². The zero-order chi connectivity index (χ0) is 28.2. The largest absolute Gasteiger partial charge is 0.392 e. The third kappa shape index (κ3) is 13.4. The highest BCUT2D eigenvalue weighted by atomic mass is 19.1. The van der Waals surface area contributed by atoms with Crippen molar-refractivity contribution in [1.29, 1.82) is 0 Å². The Hall–Kier alpha value is -2.37. The molecule has 1 rings (SSSR count). The Morgan fingerprint density at radius 2 is 1.74 bits per heavy atom. The number of amides is 1. The lowest BCUT2D eigenvalue weighted by Gasteiger charge is -2.24. The van der Waals surface area contributed by atoms with Gasteiger partial charge in [0.15, 0.2) is 11.4 Å². The lowest BCUT2D eigenvalue weighted by Crippen LogP contribution is -2.33. The summed E-state index contributed by atoms with van der Waals surface area (Å²) in [6.45, 7) is 5.64. The maximum atomic E-state index is 13.9. The summed E-state index contributed by atoms with van der Waals surface area (Å²) in [7, 11) is 1.49. The van der Waals surface area contributed by atoms with Crippen molar-refractivity contribution in [2.45, 2.75) is 123 Å². The topological polar surface area (TPSA) is 96.7 Å². The van der Waals surface area contributed by atoms with Gasteiger partial charge in [-0.2, -0.15) is 9.37 Å². The first kappa shape index (κ1) is 33.7. The number of rotatable bonds is 21. The number of aliphatic imine (C=N–C) groups is 1. The number of hydrogen-bond acceptors (Lipinski definition) is 6. The fourth-order valence-corrected chi connectivity index (χ4v) is 4.33. The van der Waals surface area contributed by atoms with Gasteiger partial charge in [0, 0.05) is 19.7 Å². The summed E-state index contributed by atoms with van der Waals surface area (Å²) in [5.74, 6) is 2.50. The van der Waals surface area contributed by atoms with Crippen LogP contribution in [0.5, 0.6) is 0 Å². The molecule has 0 saturated carbocycles. The highest BCUT2D eigenvalue weighted by Crippen LogP contribution is 2.27. The average molecular weight is 533 g/mol. The Bertz CT molecular complexity index is 881. The van der Waals surface area contributed by atoms with Crippen LogP contribution in [0.15, 0.2) is 4.99 Å². The number of hydrogen-bond donors (Lipinski definition) is 2. The minimum Gasteiger partial charge on any atom is -0.392 e. The van der Waals surface area contributed by atoms with Gasteiger partial charge < -0.3 is 15.2 Å². The molecular formula is C30H49FN4O3. The summed E-state index contributed by atoms with van der Waals surface area (Å²) in [5, 5.41) is 12.2. The predicted molar refractivity (Wildman–Crippen MR) is 153 cm³/mol. The fraction of sp³-hybridized carbons (Fsp3) is 0.733. The zero-order valence-electron chi connectivity index (χ0n) is 24.0. The van der Waals surface area contributed by atoms with Crippen LogP contribution in [0, 0.1) is 31.3 Å². The van der Waals surface area contributed by atoms with Crippen LogP contribution in [0.4, 0.5) is 15.9 Å². The number of aromatic nitrogens is 2. The van der Waals surface area contributed by atoms with Gasteiger partial charge in [-0.1, -0.05) is 84.0 Å². The number of halogens is 1. The van der Waals surface area contributed by atoms with E-state index < -0.39 is 11.7 Å². The predicted octanol–water partition coefficient (Wildman–Crippen LogP) is 7.08. The highest BCUT2D eigenvalue weighted by molar-refractivity contribution is 5.93. The molecule has 8 heteroatoms. The van der Waals surface area contributed by atoms with Crippen molar-refractivity contribution in [3.05, 3.63) is 11.8 Å². The lowest BCUT2D eigenvalue weighted by molar-refractivity contribution is -0.116. The van der Waals surface area contributed by atoms with E-state index in [2.05, 4.69) is 33.1 Å². The Labute approximate surface area is 229 Å². The Kier molecular flexibility index (Phi) is 17.4. The number of methoxy groups -OCH3 is 1. The summed E-state index contributed by atoms with van der Waals surface area (Å²) in [6, 6.07) is 0. The molecule has 0 saturated heterocycles. The molecule has 0 aliphatic rings. The van der Waals surface area contributed by atoms with E-state index in [1.165, 1.54) is 58.5 Å². The van der Waals surface area contributed by atoms with Crippen molar-refractivity contribution >= 4 is 23.6 Å². The van der Waals surface area contributed by atoms with E-state index in [0.717, 1.165) is 32.1 Å². The van der Waals surface area contributed by atoms with Crippen LogP contribution in [0.25, 0.3) is 0 Å². The molecule has 7 nitrogen and oxygen atoms in total. The highest BCUT2D eigenvalue weighted by Gasteiger charge is 2.25. The quantitative estimate of drug-likeness (QED) is 0.0763. The molecule has 2 atom stereocenters. The first-order valence-corrected chi connectivity index (χ1v) is 14.3. The second-order valence-corrected chi connectivity index (χ2v) is 10.3. The molecule has 0 aliphatic carbocycles. The van der Waals surface area contributed by atoms with Crippen molar-refractivity contribution in [3.63, 3.8) is 0 Å². The maximum absolute atomic E-state index is 13.9. The second kappa shape index (κ2) is 19.7. The summed E-state index contributed by atoms with van der Waals surface area (Å²) in [4.78, 5) is 24.6. The van der Waals surface area contributed by atoms with E-state index in [-0.39, 0.29) is 24.2 Å². The van der Waals surface area contributed by atoms with Crippen molar-refractivity contribution in [1.82, 2.24) is 9.97 Å². The molecule has 1 amide bonds. The first-order valence-electron chi connectivity index (χ1n) is 14.3. The van der Waals surface area contributed by atoms with E-state index in [1.807, 2.05) is 6.92 Å². The zero-order valence-corrected chi connectivity index (χ0v) is 24.0. The molecule has 0 radical (unpaired) electrons. The number of terminal acetylenes is 1. The van der Waals surface area contributed by atoms with Crippen LogP contribution < -0.4 is 5.32 Å². The van der Waals surface area contributed by atoms with Crippen molar-refractivity contribution in [3.8, 4) is 12.3 Å². The van der Waals surface area contributed by atoms with Gasteiger partial charge >= 0.3 is 6.08 Å². The minimum atomic E-state index is -0.969. The van der Waals surface area contributed by atoms with Gasteiger partial charge in [-0.25, -0.2) is 4.98 Å². The number of unbranched alkanes of at least 4 members (excludes halogenated alkanes) is 10. The Morgan fingerprint density at radius 3 is 2.29 bits per heavy atom. The first-order chi connectivity index (χ1) is 18.3. The van der Waals surface area contributed by atoms with Crippen LogP contribution in [0.3, 0.4) is 0 Å². The molecule has 0 spiro atoms. The van der Waals surface area contributed by atoms with Crippen molar-refractivity contribution < 1.29 is 19.0 Å². The number of carbonyl (C=O) groups is 1. The Morgan fingerprint density at radius 1 is 1.13 bits per heavy atom. The van der Waals surface area contributed by atoms with Gasteiger partial charge in [0.25, 0.3) is 0 Å². The molecular weight excluding hydrogens is 483 g/mol. The molecule has 0 bridgehead atoms. The number of aliphatic hydroxyl groups is 1. The van der Waals surface area contributed by atoms with Crippen LogP contribution in [-0.2, 0) is 9.53 Å². The molecule has 1 heterocycles. The summed E-state index contributed by atoms with van der Waals surface area (Å²) in [6.07, 6.45) is 22.0. The SMILES string of the molecule is C#CC(CO)(CCCC(C)C=Nc1c(C)nc(F)nc1NC(=O)CCCCCCCCCCCCC)OC. The fourth-order valence-electron chi connectivity index (χ4n) is 4.33. The number of anilines is 1. The van der Waals surface area contributed by atoms with Gasteiger partial charge in [0.1, 0.15) is 5.69 Å². The summed E-state index contributed by atoms with van der Waals surface area (Å²) < 4.78 is 19.2. The Balaban J connectivity index is 2.49. The second-order valence-electron chi connectivity index (χ2n) is 10.3. The van der Waals surface area contributed by atoms with Gasteiger partial charge in [-0.05, 0) is 38.5 Å². The molecule has 1 aromatic heterocycles. The van der Waals surface area contributed by atoms with E-state index in [4.69, 9.17) is 11.2 Å². The molecule has 2 N–H and O–H groups in total. The number of aryl methyl sites for hydroxylation is 1. The molecule has 0 fully saturated rings. The number of carbonyl (C=O) groups excluding carboxylic acids is 1. The average Bonchev–Trinajstić information content (AvgIpc) is 2.89. The third-order valence-electron chi connectivity index (χ3n) is 6.90. The summed E-state index contributed by atoms with van der Waals surface area (Å²) in [5.41, 5.74) is -0.253. The van der Waals surface area contributed by atoms with Gasteiger partial charge in [-0.3, -0.25) is 9.79 Å². The van der Waals surface area contributed by atoms with Crippen LogP contribution >= 0.6 is 0 Å². The van der Waals surface area contributed by atoms with E-state index in [9.17, 15) is 14.3 Å². The number of aliphatic hydroxyl groups excluding tert-OH is 1. The van der Waals surface area contributed by atoms with E-state index in [1.54, 1.807) is 13.1 Å². The van der Waals surface area contributed by atoms with Gasteiger partial charge in [0.2, 0.25) is 5.91 Å².